The van der Waals surface area contributed by atoms with E-state index in [1.54, 1.807) is 6.20 Å². The lowest BCUT2D eigenvalue weighted by molar-refractivity contribution is -0.0121. The summed E-state index contributed by atoms with van der Waals surface area (Å²) in [5.74, 6) is 0. The lowest BCUT2D eigenvalue weighted by Gasteiger charge is -2.32. The van der Waals surface area contributed by atoms with Gasteiger partial charge in [-0.15, -0.1) is 0 Å². The van der Waals surface area contributed by atoms with Gasteiger partial charge in [-0.25, -0.2) is 4.63 Å². The molecule has 0 amide bonds. The quantitative estimate of drug-likeness (QED) is 0.719. The number of piperidine rings is 1. The Morgan fingerprint density at radius 3 is 3.04 bits per heavy atom. The molecule has 0 unspecified atom stereocenters. The zero-order chi connectivity index (χ0) is 16.2. The normalized spacial score (nSPS) is 18.9. The third-order valence-corrected chi connectivity index (χ3v) is 4.40. The third-order valence-electron chi connectivity index (χ3n) is 4.40. The monoisotopic (exact) mass is 324 g/mol. The van der Waals surface area contributed by atoms with E-state index >= 15 is 0 Å². The van der Waals surface area contributed by atoms with E-state index in [9.17, 15) is 0 Å². The Labute approximate surface area is 140 Å². The number of pyridine rings is 1. The second-order valence-electron chi connectivity index (χ2n) is 6.26. The van der Waals surface area contributed by atoms with Crippen molar-refractivity contribution in [2.24, 2.45) is 0 Å². The number of aromatic nitrogens is 3. The second kappa shape index (κ2) is 7.07. The molecule has 0 aliphatic carbocycles. The van der Waals surface area contributed by atoms with Crippen LogP contribution in [0.25, 0.3) is 11.0 Å². The van der Waals surface area contributed by atoms with Crippen LogP contribution >= 0.6 is 0 Å². The van der Waals surface area contributed by atoms with E-state index < -0.39 is 0 Å². The zero-order valence-corrected chi connectivity index (χ0v) is 13.5. The molecular weight excluding hydrogens is 304 g/mol. The maximum atomic E-state index is 6.08. The highest BCUT2D eigenvalue weighted by atomic mass is 16.6. The highest BCUT2D eigenvalue weighted by Gasteiger charge is 2.20. The van der Waals surface area contributed by atoms with Crippen LogP contribution in [0.4, 0.5) is 0 Å². The molecule has 0 N–H and O–H groups in total. The van der Waals surface area contributed by atoms with Crippen LogP contribution in [0.15, 0.2) is 47.4 Å². The van der Waals surface area contributed by atoms with Crippen molar-refractivity contribution < 1.29 is 9.37 Å². The smallest absolute Gasteiger partial charge is 0.135 e. The minimum absolute atomic E-state index is 0.274. The first kappa shape index (κ1) is 15.2. The minimum Gasteiger partial charge on any atom is -0.372 e. The molecule has 0 saturated carbocycles. The Morgan fingerprint density at radius 2 is 2.12 bits per heavy atom. The molecule has 1 aliphatic rings. The molecule has 0 spiro atoms. The predicted molar refractivity (Wildman–Crippen MR) is 89.1 cm³/mol. The molecule has 6 heteroatoms. The lowest BCUT2D eigenvalue weighted by Crippen LogP contribution is -2.39. The number of rotatable bonds is 5. The van der Waals surface area contributed by atoms with Crippen molar-refractivity contribution in [3.8, 4) is 0 Å². The average molecular weight is 324 g/mol. The average Bonchev–Trinajstić information content (AvgIpc) is 3.09. The van der Waals surface area contributed by atoms with Crippen molar-refractivity contribution >= 4 is 11.0 Å². The molecule has 3 heterocycles. The lowest BCUT2D eigenvalue weighted by atomic mass is 10.1. The molecular formula is C18H20N4O2. The van der Waals surface area contributed by atoms with Crippen LogP contribution in [0, 0.1) is 0 Å². The van der Waals surface area contributed by atoms with E-state index in [4.69, 9.17) is 9.37 Å². The second-order valence-corrected chi connectivity index (χ2v) is 6.26. The van der Waals surface area contributed by atoms with Crippen LogP contribution in [0.2, 0.25) is 0 Å². The summed E-state index contributed by atoms with van der Waals surface area (Å²) in [6, 6.07) is 10.1. The van der Waals surface area contributed by atoms with E-state index in [1.165, 1.54) is 5.56 Å². The Balaban J connectivity index is 1.34. The molecule has 0 radical (unpaired) electrons. The fourth-order valence-corrected chi connectivity index (χ4v) is 3.17. The van der Waals surface area contributed by atoms with Gasteiger partial charge in [-0.2, -0.15) is 0 Å². The first-order valence-electron chi connectivity index (χ1n) is 8.31. The van der Waals surface area contributed by atoms with Gasteiger partial charge in [0.25, 0.3) is 0 Å². The van der Waals surface area contributed by atoms with Gasteiger partial charge in [-0.3, -0.25) is 9.88 Å². The SMILES string of the molecule is c1cncc(CO[C@@H]2CCCN(Cc3ccc4nonc4c3)C2)c1. The topological polar surface area (TPSA) is 64.3 Å². The zero-order valence-electron chi connectivity index (χ0n) is 13.5. The van der Waals surface area contributed by atoms with Crippen LogP contribution in [0.5, 0.6) is 0 Å². The van der Waals surface area contributed by atoms with Crippen molar-refractivity contribution in [2.45, 2.75) is 32.1 Å². The van der Waals surface area contributed by atoms with Gasteiger partial charge in [0, 0.05) is 25.5 Å². The van der Waals surface area contributed by atoms with E-state index in [1.807, 2.05) is 24.4 Å². The van der Waals surface area contributed by atoms with Crippen molar-refractivity contribution in [1.29, 1.82) is 0 Å². The summed E-state index contributed by atoms with van der Waals surface area (Å²) in [4.78, 5) is 6.57. The molecule has 1 saturated heterocycles. The van der Waals surface area contributed by atoms with Gasteiger partial charge >= 0.3 is 0 Å². The Morgan fingerprint density at radius 1 is 1.17 bits per heavy atom. The van der Waals surface area contributed by atoms with Crippen LogP contribution in [-0.4, -0.2) is 39.4 Å². The highest BCUT2D eigenvalue weighted by molar-refractivity contribution is 5.73. The maximum absolute atomic E-state index is 6.08. The number of nitrogens with zero attached hydrogens (tertiary/aromatic N) is 4. The molecule has 1 fully saturated rings. The molecule has 3 aromatic rings. The number of likely N-dealkylation sites (tertiary alicyclic amines) is 1. The van der Waals surface area contributed by atoms with E-state index in [-0.39, 0.29) is 6.10 Å². The fraction of sp³-hybridized carbons (Fsp3) is 0.389. The number of ether oxygens (including phenoxy) is 1. The van der Waals surface area contributed by atoms with E-state index in [2.05, 4.69) is 32.3 Å². The molecule has 6 nitrogen and oxygen atoms in total. The van der Waals surface area contributed by atoms with Crippen LogP contribution in [0.1, 0.15) is 24.0 Å². The van der Waals surface area contributed by atoms with Gasteiger partial charge in [0.1, 0.15) is 11.0 Å². The Hall–Kier alpha value is -2.31. The minimum atomic E-state index is 0.274. The summed E-state index contributed by atoms with van der Waals surface area (Å²) < 4.78 is 10.8. The van der Waals surface area contributed by atoms with E-state index in [0.717, 1.165) is 49.1 Å². The number of hydrogen-bond acceptors (Lipinski definition) is 6. The van der Waals surface area contributed by atoms with Crippen LogP contribution in [-0.2, 0) is 17.9 Å². The summed E-state index contributed by atoms with van der Waals surface area (Å²) in [5, 5.41) is 7.76. The molecule has 1 aromatic carbocycles. The molecule has 24 heavy (non-hydrogen) atoms. The molecule has 124 valence electrons. The summed E-state index contributed by atoms with van der Waals surface area (Å²) in [7, 11) is 0. The van der Waals surface area contributed by atoms with Crippen molar-refractivity contribution in [3.05, 3.63) is 53.9 Å². The summed E-state index contributed by atoms with van der Waals surface area (Å²) in [5.41, 5.74) is 3.97. The van der Waals surface area contributed by atoms with Gasteiger partial charge in [-0.1, -0.05) is 12.1 Å². The molecule has 1 atom stereocenters. The summed E-state index contributed by atoms with van der Waals surface area (Å²) in [6.07, 6.45) is 6.19. The van der Waals surface area contributed by atoms with Gasteiger partial charge in [-0.05, 0) is 59.0 Å². The standard InChI is InChI=1S/C18H20N4O2/c1-3-15(10-19-7-1)13-23-16-4-2-8-22(12-16)11-14-5-6-17-18(9-14)21-24-20-17/h1,3,5-7,9-10,16H,2,4,8,11-13H2/t16-/m1/s1. The van der Waals surface area contributed by atoms with Crippen molar-refractivity contribution in [1.82, 2.24) is 20.2 Å². The van der Waals surface area contributed by atoms with Crippen molar-refractivity contribution in [3.63, 3.8) is 0 Å². The maximum Gasteiger partial charge on any atom is 0.135 e. The number of benzene rings is 1. The fourth-order valence-electron chi connectivity index (χ4n) is 3.17. The highest BCUT2D eigenvalue weighted by Crippen LogP contribution is 2.19. The number of hydrogen-bond donors (Lipinski definition) is 0. The first-order chi connectivity index (χ1) is 11.9. The summed E-state index contributed by atoms with van der Waals surface area (Å²) >= 11 is 0. The first-order valence-corrected chi connectivity index (χ1v) is 8.31. The van der Waals surface area contributed by atoms with E-state index in [0.29, 0.717) is 6.61 Å². The molecule has 2 aromatic heterocycles. The van der Waals surface area contributed by atoms with Crippen LogP contribution in [0.3, 0.4) is 0 Å². The van der Waals surface area contributed by atoms with Crippen molar-refractivity contribution in [2.75, 3.05) is 13.1 Å². The largest absolute Gasteiger partial charge is 0.372 e. The molecule has 4 rings (SSSR count). The van der Waals surface area contributed by atoms with Gasteiger partial charge in [0.05, 0.1) is 12.7 Å². The summed E-state index contributed by atoms with van der Waals surface area (Å²) in [6.45, 7) is 3.58. The Kier molecular flexibility index (Phi) is 4.49. The molecule has 1 aliphatic heterocycles. The number of fused-ring (bicyclic) bond motifs is 1. The van der Waals surface area contributed by atoms with Gasteiger partial charge in [0.2, 0.25) is 0 Å². The Bertz CT molecular complexity index is 790. The van der Waals surface area contributed by atoms with Gasteiger partial charge in [0.15, 0.2) is 0 Å². The third kappa shape index (κ3) is 3.60. The molecule has 0 bridgehead atoms. The van der Waals surface area contributed by atoms with Crippen LogP contribution < -0.4 is 0 Å². The van der Waals surface area contributed by atoms with Gasteiger partial charge < -0.3 is 4.74 Å². The predicted octanol–water partition coefficient (Wildman–Crippen LogP) is 2.80.